The van der Waals surface area contributed by atoms with Gasteiger partial charge in [0.2, 0.25) is 0 Å². The molecule has 5 nitrogen and oxygen atoms in total. The predicted molar refractivity (Wildman–Crippen MR) is 38.4 cm³/mol. The molecule has 0 aliphatic rings. The Morgan fingerprint density at radius 3 is 2.09 bits per heavy atom. The average Bonchev–Trinajstić information content (AvgIpc) is 2.00. The number of methoxy groups -OCH3 is 2. The maximum Gasteiger partial charge on any atom is 0.278 e. The van der Waals surface area contributed by atoms with Gasteiger partial charge in [-0.3, -0.25) is 9.36 Å². The van der Waals surface area contributed by atoms with E-state index in [-0.39, 0.29) is 14.6 Å². The van der Waals surface area contributed by atoms with Crippen LogP contribution < -0.4 is 5.73 Å². The van der Waals surface area contributed by atoms with Crippen molar-refractivity contribution in [3.05, 3.63) is 0 Å². The Morgan fingerprint density at radius 1 is 1.55 bits per heavy atom. The van der Waals surface area contributed by atoms with Gasteiger partial charge in [0.1, 0.15) is 0 Å². The third-order valence-electron chi connectivity index (χ3n) is 1.31. The van der Waals surface area contributed by atoms with Gasteiger partial charge >= 0.3 is 0 Å². The van der Waals surface area contributed by atoms with Crippen molar-refractivity contribution in [3.8, 4) is 0 Å². The molecule has 11 heavy (non-hydrogen) atoms. The van der Waals surface area contributed by atoms with Crippen molar-refractivity contribution in [3.63, 3.8) is 0 Å². The summed E-state index contributed by atoms with van der Waals surface area (Å²) in [6.45, 7) is 0. The number of ether oxygens (including phenoxy) is 2. The summed E-state index contributed by atoms with van der Waals surface area (Å²) in [6.07, 6.45) is -0.102. The molecular formula is C5H10NO4P. The second-order valence-electron chi connectivity index (χ2n) is 1.81. The van der Waals surface area contributed by atoms with Crippen LogP contribution in [0.15, 0.2) is 0 Å². The molecule has 0 heterocycles. The standard InChI is InChI=1S/C5H10NO4P/c1-9-5(10-2,3-11-8)4(6)7/h3H2,1-2H3,(H2,6,7). The Balaban J connectivity index is 4.45. The van der Waals surface area contributed by atoms with E-state index >= 15 is 0 Å². The highest BCUT2D eigenvalue weighted by molar-refractivity contribution is 7.23. The fourth-order valence-corrected chi connectivity index (χ4v) is 1.16. The highest BCUT2D eigenvalue weighted by Gasteiger charge is 2.36. The minimum atomic E-state index is -1.55. The van der Waals surface area contributed by atoms with E-state index < -0.39 is 11.7 Å². The second kappa shape index (κ2) is 4.38. The van der Waals surface area contributed by atoms with E-state index in [2.05, 4.69) is 9.47 Å². The van der Waals surface area contributed by atoms with E-state index in [4.69, 9.17) is 5.73 Å². The maximum absolute atomic E-state index is 10.7. The molecule has 0 fully saturated rings. The van der Waals surface area contributed by atoms with Crippen LogP contribution in [0, 0.1) is 0 Å². The molecular weight excluding hydrogens is 169 g/mol. The van der Waals surface area contributed by atoms with Gasteiger partial charge in [-0.15, -0.1) is 0 Å². The number of carbonyl (C=O) groups excluding carboxylic acids is 1. The molecule has 0 radical (unpaired) electrons. The van der Waals surface area contributed by atoms with Gasteiger partial charge in [0, 0.05) is 14.2 Å². The summed E-state index contributed by atoms with van der Waals surface area (Å²) < 4.78 is 19.5. The molecule has 0 saturated carbocycles. The van der Waals surface area contributed by atoms with Gasteiger partial charge in [0.05, 0.1) is 6.16 Å². The average molecular weight is 179 g/mol. The minimum absolute atomic E-state index is 0.102. The van der Waals surface area contributed by atoms with Crippen LogP contribution in [-0.2, 0) is 18.8 Å². The largest absolute Gasteiger partial charge is 0.365 e. The Labute approximate surface area is 66.0 Å². The van der Waals surface area contributed by atoms with Crippen molar-refractivity contribution < 1.29 is 18.8 Å². The van der Waals surface area contributed by atoms with E-state index in [9.17, 15) is 9.36 Å². The number of nitrogens with two attached hydrogens (primary N) is 1. The quantitative estimate of drug-likeness (QED) is 0.466. The molecule has 0 aliphatic heterocycles. The van der Waals surface area contributed by atoms with E-state index in [1.165, 1.54) is 14.2 Å². The number of primary amides is 1. The van der Waals surface area contributed by atoms with E-state index in [1.54, 1.807) is 0 Å². The molecule has 6 heteroatoms. The van der Waals surface area contributed by atoms with Crippen LogP contribution in [0.4, 0.5) is 0 Å². The van der Waals surface area contributed by atoms with Crippen molar-refractivity contribution >= 4 is 14.4 Å². The molecule has 0 aromatic carbocycles. The normalized spacial score (nSPS) is 11.8. The Morgan fingerprint density at radius 2 is 2.00 bits per heavy atom. The molecule has 0 rings (SSSR count). The van der Waals surface area contributed by atoms with Crippen molar-refractivity contribution in [2.45, 2.75) is 5.79 Å². The van der Waals surface area contributed by atoms with Gasteiger partial charge in [-0.05, 0) is 0 Å². The molecule has 0 atom stereocenters. The summed E-state index contributed by atoms with van der Waals surface area (Å²) in [5.41, 5.74) is 4.95. The van der Waals surface area contributed by atoms with Crippen LogP contribution in [-0.4, -0.2) is 32.1 Å². The van der Waals surface area contributed by atoms with Crippen LogP contribution in [0.1, 0.15) is 0 Å². The van der Waals surface area contributed by atoms with Crippen LogP contribution in [0.5, 0.6) is 0 Å². The highest BCUT2D eigenvalue weighted by Crippen LogP contribution is 2.15. The molecule has 64 valence electrons. The van der Waals surface area contributed by atoms with Crippen LogP contribution >= 0.6 is 8.46 Å². The molecule has 0 aliphatic carbocycles. The third-order valence-corrected chi connectivity index (χ3v) is 1.85. The van der Waals surface area contributed by atoms with Gasteiger partial charge in [-0.25, -0.2) is 0 Å². The Bertz CT molecular complexity index is 157. The fourth-order valence-electron chi connectivity index (χ4n) is 0.577. The molecule has 0 aromatic rings. The summed E-state index contributed by atoms with van der Waals surface area (Å²) >= 11 is 0. The van der Waals surface area contributed by atoms with Gasteiger partial charge in [0.25, 0.3) is 11.7 Å². The lowest BCUT2D eigenvalue weighted by atomic mass is 10.3. The number of carbonyl (C=O) groups is 1. The second-order valence-corrected chi connectivity index (χ2v) is 2.39. The highest BCUT2D eigenvalue weighted by atomic mass is 31.1. The number of rotatable bonds is 5. The fraction of sp³-hybridized carbons (Fsp3) is 0.800. The van der Waals surface area contributed by atoms with Crippen molar-refractivity contribution in [1.29, 1.82) is 0 Å². The predicted octanol–water partition coefficient (Wildman–Crippen LogP) is -0.247. The number of hydrogen-bond acceptors (Lipinski definition) is 4. The zero-order valence-electron chi connectivity index (χ0n) is 6.36. The van der Waals surface area contributed by atoms with Gasteiger partial charge in [-0.1, -0.05) is 0 Å². The summed E-state index contributed by atoms with van der Waals surface area (Å²) in [7, 11) is 2.28. The summed E-state index contributed by atoms with van der Waals surface area (Å²) in [5.74, 6) is -2.34. The van der Waals surface area contributed by atoms with E-state index in [1.807, 2.05) is 0 Å². The Kier molecular flexibility index (Phi) is 4.18. The minimum Gasteiger partial charge on any atom is -0.365 e. The van der Waals surface area contributed by atoms with Crippen molar-refractivity contribution in [2.24, 2.45) is 5.73 Å². The molecule has 2 N–H and O–H groups in total. The monoisotopic (exact) mass is 179 g/mol. The molecule has 0 spiro atoms. The maximum atomic E-state index is 10.7. The number of hydrogen-bond donors (Lipinski definition) is 1. The zero-order chi connectivity index (χ0) is 8.91. The van der Waals surface area contributed by atoms with Gasteiger partial charge in [0.15, 0.2) is 8.46 Å². The van der Waals surface area contributed by atoms with E-state index in [0.29, 0.717) is 0 Å². The van der Waals surface area contributed by atoms with Crippen LogP contribution in [0.25, 0.3) is 0 Å². The van der Waals surface area contributed by atoms with Gasteiger partial charge < -0.3 is 15.2 Å². The van der Waals surface area contributed by atoms with Crippen LogP contribution in [0.2, 0.25) is 0 Å². The molecule has 0 saturated heterocycles. The van der Waals surface area contributed by atoms with Gasteiger partial charge in [-0.2, -0.15) is 0 Å². The molecule has 1 amide bonds. The first-order valence-corrected chi connectivity index (χ1v) is 3.82. The molecule has 0 bridgehead atoms. The SMILES string of the molecule is COC(CP=O)(OC)C(N)=O. The lowest BCUT2D eigenvalue weighted by molar-refractivity contribution is -0.195. The summed E-state index contributed by atoms with van der Waals surface area (Å²) in [5, 5.41) is 0. The van der Waals surface area contributed by atoms with Crippen LogP contribution in [0.3, 0.4) is 0 Å². The summed E-state index contributed by atoms with van der Waals surface area (Å²) in [6, 6.07) is 0. The first-order chi connectivity index (χ1) is 5.13. The van der Waals surface area contributed by atoms with Crippen molar-refractivity contribution in [2.75, 3.05) is 20.4 Å². The first kappa shape index (κ1) is 10.5. The zero-order valence-corrected chi connectivity index (χ0v) is 7.26. The van der Waals surface area contributed by atoms with Crippen molar-refractivity contribution in [1.82, 2.24) is 0 Å². The topological polar surface area (TPSA) is 78.6 Å². The third kappa shape index (κ3) is 2.22. The lowest BCUT2D eigenvalue weighted by Crippen LogP contribution is -2.49. The summed E-state index contributed by atoms with van der Waals surface area (Å²) in [4.78, 5) is 10.7. The smallest absolute Gasteiger partial charge is 0.278 e. The number of amides is 1. The lowest BCUT2D eigenvalue weighted by Gasteiger charge is -2.23. The first-order valence-electron chi connectivity index (χ1n) is 2.82. The molecule has 0 unspecified atom stereocenters. The Hall–Kier alpha value is -0.510. The van der Waals surface area contributed by atoms with E-state index in [0.717, 1.165) is 0 Å². The molecule has 0 aromatic heterocycles.